The molecule has 0 atom stereocenters. The molecule has 0 unspecified atom stereocenters. The largest absolute Gasteiger partial charge is 0.478 e. The van der Waals surface area contributed by atoms with E-state index in [4.69, 9.17) is 5.11 Å². The highest BCUT2D eigenvalue weighted by Crippen LogP contribution is 2.13. The number of thiophene rings is 1. The van der Waals surface area contributed by atoms with Crippen molar-refractivity contribution in [1.29, 1.82) is 0 Å². The monoisotopic (exact) mass is 290 g/mol. The molecule has 2 N–H and O–H groups in total. The van der Waals surface area contributed by atoms with Crippen LogP contribution in [0.25, 0.3) is 0 Å². The number of hydrogen-bond acceptors (Lipinski definition) is 3. The Bertz CT molecular complexity index is 593. The normalized spacial score (nSPS) is 10.1. The summed E-state index contributed by atoms with van der Waals surface area (Å²) in [7, 11) is 1.71. The number of amides is 2. The summed E-state index contributed by atoms with van der Waals surface area (Å²) in [6, 6.07) is 9.73. The Morgan fingerprint density at radius 2 is 1.95 bits per heavy atom. The van der Waals surface area contributed by atoms with Crippen molar-refractivity contribution in [2.45, 2.75) is 6.54 Å². The highest BCUT2D eigenvalue weighted by atomic mass is 32.1. The van der Waals surface area contributed by atoms with Crippen LogP contribution in [0.1, 0.15) is 15.2 Å². The van der Waals surface area contributed by atoms with Crippen molar-refractivity contribution in [3.8, 4) is 0 Å². The van der Waals surface area contributed by atoms with Crippen molar-refractivity contribution in [3.63, 3.8) is 0 Å². The zero-order chi connectivity index (χ0) is 14.5. The van der Waals surface area contributed by atoms with Crippen molar-refractivity contribution in [2.24, 2.45) is 0 Å². The molecule has 1 heterocycles. The molecule has 0 aliphatic rings. The lowest BCUT2D eigenvalue weighted by atomic mass is 10.2. The minimum absolute atomic E-state index is 0.190. The van der Waals surface area contributed by atoms with Gasteiger partial charge in [0.05, 0.1) is 12.1 Å². The molecule has 5 nitrogen and oxygen atoms in total. The van der Waals surface area contributed by atoms with Crippen LogP contribution < -0.4 is 5.32 Å². The smallest absolute Gasteiger partial charge is 0.335 e. The first-order chi connectivity index (χ1) is 9.56. The molecule has 0 saturated carbocycles. The Hall–Kier alpha value is -2.34. The van der Waals surface area contributed by atoms with Crippen molar-refractivity contribution in [1.82, 2.24) is 4.90 Å². The first-order valence-corrected chi connectivity index (χ1v) is 6.82. The molecule has 2 rings (SSSR count). The second kappa shape index (κ2) is 6.21. The Morgan fingerprint density at radius 1 is 1.25 bits per heavy atom. The van der Waals surface area contributed by atoms with E-state index in [0.717, 1.165) is 4.88 Å². The van der Waals surface area contributed by atoms with Gasteiger partial charge in [-0.2, -0.15) is 0 Å². The van der Waals surface area contributed by atoms with Crippen LogP contribution >= 0.6 is 11.3 Å². The van der Waals surface area contributed by atoms with Gasteiger partial charge in [0.25, 0.3) is 0 Å². The van der Waals surface area contributed by atoms with Gasteiger partial charge in [-0.05, 0) is 35.7 Å². The summed E-state index contributed by atoms with van der Waals surface area (Å²) < 4.78 is 0. The van der Waals surface area contributed by atoms with Gasteiger partial charge in [0.1, 0.15) is 0 Å². The molecule has 2 amide bonds. The lowest BCUT2D eigenvalue weighted by Gasteiger charge is -2.17. The standard InChI is InChI=1S/C14H14N2O3S/c1-16(9-12-3-2-8-20-12)14(19)15-11-6-4-10(5-7-11)13(17)18/h2-8H,9H2,1H3,(H,15,19)(H,17,18). The predicted molar refractivity (Wildman–Crippen MR) is 78.2 cm³/mol. The van der Waals surface area contributed by atoms with Crippen molar-refractivity contribution in [2.75, 3.05) is 12.4 Å². The van der Waals surface area contributed by atoms with Crippen LogP contribution in [0.15, 0.2) is 41.8 Å². The fourth-order valence-corrected chi connectivity index (χ4v) is 2.38. The lowest BCUT2D eigenvalue weighted by Crippen LogP contribution is -2.30. The molecule has 0 aliphatic heterocycles. The number of anilines is 1. The van der Waals surface area contributed by atoms with Gasteiger partial charge in [-0.25, -0.2) is 9.59 Å². The maximum atomic E-state index is 12.0. The summed E-state index contributed by atoms with van der Waals surface area (Å²) in [4.78, 5) is 25.4. The van der Waals surface area contributed by atoms with Crippen LogP contribution in [0.3, 0.4) is 0 Å². The van der Waals surface area contributed by atoms with Gasteiger partial charge in [0.2, 0.25) is 0 Å². The number of hydrogen-bond donors (Lipinski definition) is 2. The number of aromatic carboxylic acids is 1. The number of carbonyl (C=O) groups is 2. The van der Waals surface area contributed by atoms with Crippen molar-refractivity contribution < 1.29 is 14.7 Å². The van der Waals surface area contributed by atoms with Crippen LogP contribution in [-0.4, -0.2) is 29.1 Å². The van der Waals surface area contributed by atoms with Crippen molar-refractivity contribution >= 4 is 29.0 Å². The summed E-state index contributed by atoms with van der Waals surface area (Å²) in [5.41, 5.74) is 0.757. The first-order valence-electron chi connectivity index (χ1n) is 5.94. The van der Waals surface area contributed by atoms with Crippen LogP contribution in [0.4, 0.5) is 10.5 Å². The number of nitrogens with one attached hydrogen (secondary N) is 1. The molecule has 2 aromatic rings. The number of rotatable bonds is 4. The molecule has 104 valence electrons. The lowest BCUT2D eigenvalue weighted by molar-refractivity contribution is 0.0697. The summed E-state index contributed by atoms with van der Waals surface area (Å²) in [5, 5.41) is 13.5. The minimum Gasteiger partial charge on any atom is -0.478 e. The van der Waals surface area contributed by atoms with Crippen LogP contribution in [-0.2, 0) is 6.54 Å². The summed E-state index contributed by atoms with van der Waals surface area (Å²) in [6.07, 6.45) is 0. The fourth-order valence-electron chi connectivity index (χ4n) is 1.62. The van der Waals surface area contributed by atoms with Crippen LogP contribution in [0.5, 0.6) is 0 Å². The number of nitrogens with zero attached hydrogens (tertiary/aromatic N) is 1. The molecule has 0 saturated heterocycles. The second-order valence-electron chi connectivity index (χ2n) is 4.25. The topological polar surface area (TPSA) is 69.6 Å². The minimum atomic E-state index is -0.988. The average molecular weight is 290 g/mol. The third-order valence-corrected chi connectivity index (χ3v) is 3.56. The highest BCUT2D eigenvalue weighted by Gasteiger charge is 2.10. The SMILES string of the molecule is CN(Cc1cccs1)C(=O)Nc1ccc(C(=O)O)cc1. The van der Waals surface area contributed by atoms with Gasteiger partial charge in [0, 0.05) is 17.6 Å². The Balaban J connectivity index is 1.95. The molecule has 20 heavy (non-hydrogen) atoms. The zero-order valence-electron chi connectivity index (χ0n) is 10.9. The molecule has 0 radical (unpaired) electrons. The van der Waals surface area contributed by atoms with E-state index in [2.05, 4.69) is 5.32 Å². The molecular formula is C14H14N2O3S. The van der Waals surface area contributed by atoms with E-state index in [1.807, 2.05) is 17.5 Å². The van der Waals surface area contributed by atoms with Gasteiger partial charge in [0.15, 0.2) is 0 Å². The zero-order valence-corrected chi connectivity index (χ0v) is 11.7. The number of carboxylic acids is 1. The van der Waals surface area contributed by atoms with E-state index in [1.54, 1.807) is 35.4 Å². The van der Waals surface area contributed by atoms with Gasteiger partial charge < -0.3 is 15.3 Å². The maximum absolute atomic E-state index is 12.0. The fraction of sp³-hybridized carbons (Fsp3) is 0.143. The van der Waals surface area contributed by atoms with Crippen molar-refractivity contribution in [3.05, 3.63) is 52.2 Å². The molecule has 0 aliphatic carbocycles. The molecule has 0 bridgehead atoms. The predicted octanol–water partition coefficient (Wildman–Crippen LogP) is 3.11. The van der Waals surface area contributed by atoms with E-state index >= 15 is 0 Å². The third-order valence-electron chi connectivity index (χ3n) is 2.70. The van der Waals surface area contributed by atoms with Crippen LogP contribution in [0, 0.1) is 0 Å². The number of carbonyl (C=O) groups excluding carboxylic acids is 1. The van der Waals surface area contributed by atoms with E-state index in [1.165, 1.54) is 12.1 Å². The summed E-state index contributed by atoms with van der Waals surface area (Å²) in [6.45, 7) is 0.538. The number of carboxylic acid groups (broad SMARTS) is 1. The third kappa shape index (κ3) is 3.58. The molecule has 6 heteroatoms. The molecule has 0 spiro atoms. The number of urea groups is 1. The highest BCUT2D eigenvalue weighted by molar-refractivity contribution is 7.09. The first kappa shape index (κ1) is 14.1. The van der Waals surface area contributed by atoms with E-state index in [9.17, 15) is 9.59 Å². The molecule has 1 aromatic heterocycles. The molecule has 1 aromatic carbocycles. The van der Waals surface area contributed by atoms with Gasteiger partial charge in [-0.1, -0.05) is 6.07 Å². The van der Waals surface area contributed by atoms with Gasteiger partial charge in [-0.15, -0.1) is 11.3 Å². The van der Waals surface area contributed by atoms with Gasteiger partial charge in [-0.3, -0.25) is 0 Å². The van der Waals surface area contributed by atoms with Crippen LogP contribution in [0.2, 0.25) is 0 Å². The Kier molecular flexibility index (Phi) is 4.37. The van der Waals surface area contributed by atoms with Gasteiger partial charge >= 0.3 is 12.0 Å². The summed E-state index contributed by atoms with van der Waals surface area (Å²) >= 11 is 1.59. The Labute approximate surface area is 120 Å². The van der Waals surface area contributed by atoms with E-state index < -0.39 is 5.97 Å². The molecule has 0 fully saturated rings. The number of benzene rings is 1. The maximum Gasteiger partial charge on any atom is 0.335 e. The second-order valence-corrected chi connectivity index (χ2v) is 5.28. The Morgan fingerprint density at radius 3 is 2.50 bits per heavy atom. The average Bonchev–Trinajstić information content (AvgIpc) is 2.92. The van der Waals surface area contributed by atoms with E-state index in [0.29, 0.717) is 12.2 Å². The molecular weight excluding hydrogens is 276 g/mol. The quantitative estimate of drug-likeness (QED) is 0.909. The summed E-state index contributed by atoms with van der Waals surface area (Å²) in [5.74, 6) is -0.988. The van der Waals surface area contributed by atoms with E-state index in [-0.39, 0.29) is 11.6 Å².